The van der Waals surface area contributed by atoms with E-state index in [9.17, 15) is 4.79 Å². The molecule has 0 saturated carbocycles. The summed E-state index contributed by atoms with van der Waals surface area (Å²) in [5.74, 6) is 2.03. The molecule has 0 bridgehead atoms. The van der Waals surface area contributed by atoms with Crippen molar-refractivity contribution < 1.29 is 19.0 Å². The summed E-state index contributed by atoms with van der Waals surface area (Å²) in [6.07, 6.45) is 2.76. The zero-order valence-electron chi connectivity index (χ0n) is 20.0. The van der Waals surface area contributed by atoms with Crippen LogP contribution >= 0.6 is 12.2 Å². The minimum absolute atomic E-state index is 0.219. The van der Waals surface area contributed by atoms with Gasteiger partial charge in [-0.1, -0.05) is 25.1 Å². The maximum absolute atomic E-state index is 13.1. The van der Waals surface area contributed by atoms with E-state index >= 15 is 0 Å². The average Bonchev–Trinajstić information content (AvgIpc) is 3.16. The molecule has 1 aliphatic rings. The Morgan fingerprint density at radius 2 is 1.63 bits per heavy atom. The first-order valence-electron chi connectivity index (χ1n) is 11.5. The standard InChI is InChI=1S/C28H28N2O4S/c1-4-19-6-11-24(12-7-19)34-18-21-16-20(8-15-26(21)32-3)17-25-27(31)30(28(35)29-25)22-9-13-23(14-10-22)33-5-2/h6-17H,4-5,18H2,1-3H3,(H,29,35)/b25-17+. The van der Waals surface area contributed by atoms with Gasteiger partial charge in [-0.15, -0.1) is 0 Å². The number of rotatable bonds is 9. The van der Waals surface area contributed by atoms with Crippen molar-refractivity contribution in [2.24, 2.45) is 0 Å². The van der Waals surface area contributed by atoms with Gasteiger partial charge >= 0.3 is 0 Å². The lowest BCUT2D eigenvalue weighted by molar-refractivity contribution is -0.113. The van der Waals surface area contributed by atoms with Gasteiger partial charge < -0.3 is 19.5 Å². The highest BCUT2D eigenvalue weighted by molar-refractivity contribution is 7.80. The molecule has 4 rings (SSSR count). The first kappa shape index (κ1) is 24.3. The largest absolute Gasteiger partial charge is 0.496 e. The van der Waals surface area contributed by atoms with Crippen molar-refractivity contribution in [3.8, 4) is 17.2 Å². The Bertz CT molecular complexity index is 1240. The SMILES string of the molecule is CCOc1ccc(N2C(=O)/C(=C\c3ccc(OC)c(COc4ccc(CC)cc4)c3)NC2=S)cc1. The summed E-state index contributed by atoms with van der Waals surface area (Å²) in [6.45, 7) is 4.96. The molecule has 0 aromatic heterocycles. The maximum Gasteiger partial charge on any atom is 0.281 e. The van der Waals surface area contributed by atoms with E-state index in [2.05, 4.69) is 24.4 Å². The molecule has 3 aromatic rings. The third kappa shape index (κ3) is 5.63. The number of amides is 1. The lowest BCUT2D eigenvalue weighted by Gasteiger charge is -2.14. The summed E-state index contributed by atoms with van der Waals surface area (Å²) in [5.41, 5.74) is 4.04. The average molecular weight is 489 g/mol. The van der Waals surface area contributed by atoms with Gasteiger partial charge in [0.1, 0.15) is 29.6 Å². The molecule has 1 amide bonds. The van der Waals surface area contributed by atoms with Crippen LogP contribution in [0.5, 0.6) is 17.2 Å². The molecule has 180 valence electrons. The Morgan fingerprint density at radius 3 is 2.29 bits per heavy atom. The second kappa shape index (κ2) is 11.1. The number of carbonyl (C=O) groups excluding carboxylic acids is 1. The van der Waals surface area contributed by atoms with Gasteiger partial charge in [0.2, 0.25) is 0 Å². The highest BCUT2D eigenvalue weighted by atomic mass is 32.1. The van der Waals surface area contributed by atoms with Gasteiger partial charge in [0.05, 0.1) is 19.4 Å². The zero-order valence-corrected chi connectivity index (χ0v) is 20.9. The molecule has 0 aliphatic carbocycles. The third-order valence-electron chi connectivity index (χ3n) is 5.63. The predicted molar refractivity (Wildman–Crippen MR) is 142 cm³/mol. The zero-order chi connectivity index (χ0) is 24.8. The molecule has 1 fully saturated rings. The fourth-order valence-electron chi connectivity index (χ4n) is 3.78. The van der Waals surface area contributed by atoms with Crippen LogP contribution in [0.15, 0.2) is 72.4 Å². The van der Waals surface area contributed by atoms with Crippen LogP contribution in [0.4, 0.5) is 5.69 Å². The smallest absolute Gasteiger partial charge is 0.281 e. The van der Waals surface area contributed by atoms with Crippen LogP contribution in [0.2, 0.25) is 0 Å². The molecule has 6 nitrogen and oxygen atoms in total. The van der Waals surface area contributed by atoms with Crippen molar-refractivity contribution in [2.75, 3.05) is 18.6 Å². The maximum atomic E-state index is 13.1. The number of carbonyl (C=O) groups is 1. The summed E-state index contributed by atoms with van der Waals surface area (Å²) in [5, 5.41) is 3.36. The van der Waals surface area contributed by atoms with E-state index in [1.807, 2.05) is 61.5 Å². The minimum atomic E-state index is -0.219. The predicted octanol–water partition coefficient (Wildman–Crippen LogP) is 5.50. The van der Waals surface area contributed by atoms with Crippen LogP contribution in [0.3, 0.4) is 0 Å². The highest BCUT2D eigenvalue weighted by Crippen LogP contribution is 2.27. The number of ether oxygens (including phenoxy) is 3. The Kier molecular flexibility index (Phi) is 7.67. The van der Waals surface area contributed by atoms with Gasteiger partial charge in [-0.3, -0.25) is 9.69 Å². The van der Waals surface area contributed by atoms with E-state index in [1.54, 1.807) is 13.2 Å². The molecule has 1 heterocycles. The van der Waals surface area contributed by atoms with Crippen molar-refractivity contribution in [2.45, 2.75) is 26.9 Å². The Hall–Kier alpha value is -3.84. The lowest BCUT2D eigenvalue weighted by atomic mass is 10.1. The number of hydrogen-bond donors (Lipinski definition) is 1. The molecular weight excluding hydrogens is 460 g/mol. The van der Waals surface area contributed by atoms with Crippen LogP contribution < -0.4 is 24.4 Å². The Morgan fingerprint density at radius 1 is 0.943 bits per heavy atom. The van der Waals surface area contributed by atoms with E-state index < -0.39 is 0 Å². The Balaban J connectivity index is 1.52. The number of methoxy groups -OCH3 is 1. The quantitative estimate of drug-likeness (QED) is 0.317. The van der Waals surface area contributed by atoms with Crippen LogP contribution in [-0.4, -0.2) is 24.7 Å². The number of nitrogens with one attached hydrogen (secondary N) is 1. The summed E-state index contributed by atoms with van der Waals surface area (Å²) < 4.78 is 17.0. The monoisotopic (exact) mass is 488 g/mol. The van der Waals surface area contributed by atoms with E-state index in [1.165, 1.54) is 10.5 Å². The summed E-state index contributed by atoms with van der Waals surface area (Å²) >= 11 is 5.44. The number of nitrogens with zero attached hydrogens (tertiary/aromatic N) is 1. The van der Waals surface area contributed by atoms with Crippen molar-refractivity contribution in [1.82, 2.24) is 5.32 Å². The molecule has 0 atom stereocenters. The van der Waals surface area contributed by atoms with Crippen molar-refractivity contribution in [3.63, 3.8) is 0 Å². The number of aryl methyl sites for hydroxylation is 1. The third-order valence-corrected chi connectivity index (χ3v) is 5.91. The summed E-state index contributed by atoms with van der Waals surface area (Å²) in [7, 11) is 1.63. The molecule has 7 heteroatoms. The van der Waals surface area contributed by atoms with Gasteiger partial charge in [-0.2, -0.15) is 0 Å². The second-order valence-electron chi connectivity index (χ2n) is 7.91. The van der Waals surface area contributed by atoms with Crippen LogP contribution in [0.1, 0.15) is 30.5 Å². The number of hydrogen-bond acceptors (Lipinski definition) is 5. The molecular formula is C28H28N2O4S. The van der Waals surface area contributed by atoms with Gasteiger partial charge in [-0.05, 0) is 91.3 Å². The number of benzene rings is 3. The fraction of sp³-hybridized carbons (Fsp3) is 0.214. The van der Waals surface area contributed by atoms with Crippen molar-refractivity contribution >= 4 is 35.0 Å². The summed E-state index contributed by atoms with van der Waals surface area (Å²) in [4.78, 5) is 14.6. The second-order valence-corrected chi connectivity index (χ2v) is 8.30. The van der Waals surface area contributed by atoms with Crippen molar-refractivity contribution in [3.05, 3.63) is 89.1 Å². The first-order valence-corrected chi connectivity index (χ1v) is 11.9. The minimum Gasteiger partial charge on any atom is -0.496 e. The molecule has 0 radical (unpaired) electrons. The normalized spacial score (nSPS) is 14.3. The van der Waals surface area contributed by atoms with Gasteiger partial charge in [-0.25, -0.2) is 0 Å². The molecule has 0 unspecified atom stereocenters. The van der Waals surface area contributed by atoms with Crippen LogP contribution in [0.25, 0.3) is 6.08 Å². The van der Waals surface area contributed by atoms with Crippen LogP contribution in [0, 0.1) is 0 Å². The Labute approximate surface area is 211 Å². The molecule has 35 heavy (non-hydrogen) atoms. The number of anilines is 1. The van der Waals surface area contributed by atoms with Gasteiger partial charge in [0, 0.05) is 5.56 Å². The van der Waals surface area contributed by atoms with Crippen molar-refractivity contribution in [1.29, 1.82) is 0 Å². The fourth-order valence-corrected chi connectivity index (χ4v) is 4.08. The van der Waals surface area contributed by atoms with E-state index in [0.717, 1.165) is 34.8 Å². The number of thiocarbonyl (C=S) groups is 1. The summed E-state index contributed by atoms with van der Waals surface area (Å²) in [6, 6.07) is 21.0. The van der Waals surface area contributed by atoms with Gasteiger partial charge in [0.15, 0.2) is 5.11 Å². The topological polar surface area (TPSA) is 60.0 Å². The molecule has 0 spiro atoms. The van der Waals surface area contributed by atoms with E-state index in [4.69, 9.17) is 26.4 Å². The van der Waals surface area contributed by atoms with Gasteiger partial charge in [0.25, 0.3) is 5.91 Å². The highest BCUT2D eigenvalue weighted by Gasteiger charge is 2.32. The van der Waals surface area contributed by atoms with Crippen LogP contribution in [-0.2, 0) is 17.8 Å². The molecule has 1 aliphatic heterocycles. The van der Waals surface area contributed by atoms with E-state index in [-0.39, 0.29) is 5.91 Å². The molecule has 1 N–H and O–H groups in total. The molecule has 1 saturated heterocycles. The first-order chi connectivity index (χ1) is 17.0. The lowest BCUT2D eigenvalue weighted by Crippen LogP contribution is -2.30. The molecule has 3 aromatic carbocycles. The van der Waals surface area contributed by atoms with E-state index in [0.29, 0.717) is 29.7 Å².